The second kappa shape index (κ2) is 3.28. The molecule has 0 aliphatic rings. The highest BCUT2D eigenvalue weighted by Crippen LogP contribution is 2.04. The zero-order valence-corrected chi connectivity index (χ0v) is 7.68. The summed E-state index contributed by atoms with van der Waals surface area (Å²) in [6, 6.07) is -0.830. The van der Waals surface area contributed by atoms with E-state index in [1.165, 1.54) is 13.8 Å². The summed E-state index contributed by atoms with van der Waals surface area (Å²) in [5.74, 6) is -0.567. The summed E-state index contributed by atoms with van der Waals surface area (Å²) < 4.78 is 29.2. The Morgan fingerprint density at radius 2 is 2.00 bits per heavy atom. The van der Waals surface area contributed by atoms with E-state index in [2.05, 4.69) is 5.32 Å². The summed E-state index contributed by atoms with van der Waals surface area (Å²) in [6.07, 6.45) is 0. The molecular formula is C5H12N2O4S. The molecule has 2 amide bonds. The van der Waals surface area contributed by atoms with Gasteiger partial charge in [0.1, 0.15) is 0 Å². The topological polar surface area (TPSA) is 109 Å². The van der Waals surface area contributed by atoms with Crippen molar-refractivity contribution >= 4 is 16.1 Å². The SMILES string of the molecule is CC(C)(CS(=O)(=O)O)NC(N)=O. The van der Waals surface area contributed by atoms with E-state index in [4.69, 9.17) is 10.3 Å². The summed E-state index contributed by atoms with van der Waals surface area (Å²) in [4.78, 5) is 10.3. The van der Waals surface area contributed by atoms with Crippen molar-refractivity contribution in [3.63, 3.8) is 0 Å². The van der Waals surface area contributed by atoms with E-state index in [0.717, 1.165) is 0 Å². The van der Waals surface area contributed by atoms with Crippen molar-refractivity contribution in [3.8, 4) is 0 Å². The molecule has 0 aromatic rings. The van der Waals surface area contributed by atoms with Crippen LogP contribution in [0.1, 0.15) is 13.8 Å². The van der Waals surface area contributed by atoms with Gasteiger partial charge in [-0.25, -0.2) is 4.79 Å². The Morgan fingerprint density at radius 3 is 2.25 bits per heavy atom. The molecule has 0 aromatic carbocycles. The van der Waals surface area contributed by atoms with E-state index in [0.29, 0.717) is 0 Å². The van der Waals surface area contributed by atoms with Crippen LogP contribution in [0.2, 0.25) is 0 Å². The van der Waals surface area contributed by atoms with Crippen LogP contribution in [0.4, 0.5) is 4.79 Å². The summed E-state index contributed by atoms with van der Waals surface area (Å²) in [6.45, 7) is 2.87. The molecule has 0 saturated carbocycles. The molecule has 0 bridgehead atoms. The summed E-state index contributed by atoms with van der Waals surface area (Å²) in [7, 11) is -4.10. The van der Waals surface area contributed by atoms with Gasteiger partial charge in [-0.1, -0.05) is 0 Å². The van der Waals surface area contributed by atoms with Gasteiger partial charge in [0, 0.05) is 0 Å². The molecule has 7 heteroatoms. The highest BCUT2D eigenvalue weighted by atomic mass is 32.2. The van der Waals surface area contributed by atoms with Crippen LogP contribution in [0.3, 0.4) is 0 Å². The number of urea groups is 1. The van der Waals surface area contributed by atoms with E-state index in [1.807, 2.05) is 0 Å². The highest BCUT2D eigenvalue weighted by Gasteiger charge is 2.25. The predicted octanol–water partition coefficient (Wildman–Crippen LogP) is -0.679. The molecule has 0 heterocycles. The third-order valence-corrected chi connectivity index (χ3v) is 2.09. The quantitative estimate of drug-likeness (QED) is 0.519. The van der Waals surface area contributed by atoms with Gasteiger partial charge in [-0.3, -0.25) is 4.55 Å². The van der Waals surface area contributed by atoms with E-state index >= 15 is 0 Å². The number of carbonyl (C=O) groups is 1. The lowest BCUT2D eigenvalue weighted by Gasteiger charge is -2.22. The number of rotatable bonds is 3. The van der Waals surface area contributed by atoms with E-state index in [1.54, 1.807) is 0 Å². The number of nitrogens with one attached hydrogen (secondary N) is 1. The minimum Gasteiger partial charge on any atom is -0.352 e. The highest BCUT2D eigenvalue weighted by molar-refractivity contribution is 7.85. The molecule has 0 aliphatic carbocycles. The molecule has 0 rings (SSSR count). The number of nitrogens with two attached hydrogens (primary N) is 1. The van der Waals surface area contributed by atoms with Crippen molar-refractivity contribution in [1.82, 2.24) is 5.32 Å². The third-order valence-electron chi connectivity index (χ3n) is 1.00. The lowest BCUT2D eigenvalue weighted by Crippen LogP contribution is -2.50. The molecule has 0 unspecified atom stereocenters. The fourth-order valence-electron chi connectivity index (χ4n) is 0.826. The van der Waals surface area contributed by atoms with Gasteiger partial charge in [-0.15, -0.1) is 0 Å². The lowest BCUT2D eigenvalue weighted by molar-refractivity contribution is 0.240. The molecule has 0 radical (unpaired) electrons. The van der Waals surface area contributed by atoms with Gasteiger partial charge < -0.3 is 11.1 Å². The normalized spacial score (nSPS) is 12.6. The van der Waals surface area contributed by atoms with Gasteiger partial charge in [0.05, 0.1) is 11.3 Å². The molecule has 0 aromatic heterocycles. The predicted molar refractivity (Wildman–Crippen MR) is 43.2 cm³/mol. The first-order valence-corrected chi connectivity index (χ1v) is 4.76. The van der Waals surface area contributed by atoms with Gasteiger partial charge in [0.2, 0.25) is 0 Å². The largest absolute Gasteiger partial charge is 0.352 e. The van der Waals surface area contributed by atoms with Crippen molar-refractivity contribution in [2.75, 3.05) is 5.75 Å². The van der Waals surface area contributed by atoms with Crippen molar-refractivity contribution in [2.24, 2.45) is 5.73 Å². The van der Waals surface area contributed by atoms with Gasteiger partial charge >= 0.3 is 6.03 Å². The average molecular weight is 196 g/mol. The second-order valence-corrected chi connectivity index (χ2v) is 4.55. The number of hydrogen-bond acceptors (Lipinski definition) is 3. The molecular weight excluding hydrogens is 184 g/mol. The van der Waals surface area contributed by atoms with Crippen LogP contribution in [0.15, 0.2) is 0 Å². The Bertz CT molecular complexity index is 269. The molecule has 0 fully saturated rings. The van der Waals surface area contributed by atoms with Gasteiger partial charge in [0.15, 0.2) is 0 Å². The van der Waals surface area contributed by atoms with Gasteiger partial charge in [-0.2, -0.15) is 8.42 Å². The Morgan fingerprint density at radius 1 is 1.58 bits per heavy atom. The fourth-order valence-corrected chi connectivity index (χ4v) is 1.81. The molecule has 72 valence electrons. The van der Waals surface area contributed by atoms with Crippen LogP contribution in [0.25, 0.3) is 0 Å². The zero-order valence-electron chi connectivity index (χ0n) is 6.86. The van der Waals surface area contributed by atoms with Gasteiger partial charge in [0.25, 0.3) is 10.1 Å². The van der Waals surface area contributed by atoms with Crippen molar-refractivity contribution < 1.29 is 17.8 Å². The van der Waals surface area contributed by atoms with Crippen LogP contribution < -0.4 is 11.1 Å². The monoisotopic (exact) mass is 196 g/mol. The Hall–Kier alpha value is -0.820. The summed E-state index contributed by atoms with van der Waals surface area (Å²) in [5, 5.41) is 2.18. The van der Waals surface area contributed by atoms with Crippen LogP contribution in [-0.2, 0) is 10.1 Å². The van der Waals surface area contributed by atoms with Crippen molar-refractivity contribution in [3.05, 3.63) is 0 Å². The first-order valence-electron chi connectivity index (χ1n) is 3.15. The molecule has 4 N–H and O–H groups in total. The summed E-state index contributed by atoms with van der Waals surface area (Å²) in [5.41, 5.74) is 3.71. The number of primary amides is 1. The van der Waals surface area contributed by atoms with E-state index < -0.39 is 27.4 Å². The molecule has 12 heavy (non-hydrogen) atoms. The molecule has 0 atom stereocenters. The molecule has 0 aliphatic heterocycles. The van der Waals surface area contributed by atoms with Crippen LogP contribution in [0.5, 0.6) is 0 Å². The van der Waals surface area contributed by atoms with E-state index in [-0.39, 0.29) is 0 Å². The Labute approximate surface area is 70.9 Å². The fraction of sp³-hybridized carbons (Fsp3) is 0.800. The molecule has 0 spiro atoms. The molecule has 0 saturated heterocycles. The first-order chi connectivity index (χ1) is 5.12. The minimum absolute atomic E-state index is 0.567. The van der Waals surface area contributed by atoms with E-state index in [9.17, 15) is 13.2 Å². The van der Waals surface area contributed by atoms with Crippen LogP contribution in [0, 0.1) is 0 Å². The maximum atomic E-state index is 10.4. The number of amides is 2. The zero-order chi connectivity index (χ0) is 9.99. The lowest BCUT2D eigenvalue weighted by atomic mass is 10.1. The van der Waals surface area contributed by atoms with Gasteiger partial charge in [-0.05, 0) is 13.8 Å². The smallest absolute Gasteiger partial charge is 0.312 e. The maximum absolute atomic E-state index is 10.4. The molecule has 6 nitrogen and oxygen atoms in total. The maximum Gasteiger partial charge on any atom is 0.312 e. The third kappa shape index (κ3) is 5.93. The standard InChI is InChI=1S/C5H12N2O4S/c1-5(2,7-4(6)8)3-12(9,10)11/h3H2,1-2H3,(H3,6,7,8)(H,9,10,11). The Kier molecular flexibility index (Phi) is 3.05. The number of hydrogen-bond donors (Lipinski definition) is 3. The van der Waals surface area contributed by atoms with Crippen LogP contribution >= 0.6 is 0 Å². The van der Waals surface area contributed by atoms with Crippen molar-refractivity contribution in [2.45, 2.75) is 19.4 Å². The summed E-state index contributed by atoms with van der Waals surface area (Å²) >= 11 is 0. The van der Waals surface area contributed by atoms with Crippen molar-refractivity contribution in [1.29, 1.82) is 0 Å². The van der Waals surface area contributed by atoms with Crippen LogP contribution in [-0.4, -0.2) is 30.3 Å². The second-order valence-electron chi connectivity index (χ2n) is 3.10. The number of carbonyl (C=O) groups excluding carboxylic acids is 1. The Balaban J connectivity index is 4.33. The first kappa shape index (κ1) is 11.2. The average Bonchev–Trinajstić information content (AvgIpc) is 1.48. The minimum atomic E-state index is -4.10.